The third kappa shape index (κ3) is 2.65. The van der Waals surface area contributed by atoms with Crippen molar-refractivity contribution in [2.45, 2.75) is 6.92 Å². The SMILES string of the molecule is Cc1ccccc1N(O)C(=O)c1cccc([N+](=O)[O-])c1. The minimum Gasteiger partial charge on any atom is -0.281 e. The van der Waals surface area contributed by atoms with Gasteiger partial charge in [-0.25, -0.2) is 0 Å². The normalized spacial score (nSPS) is 10.1. The number of benzene rings is 2. The molecule has 1 N–H and O–H groups in total. The van der Waals surface area contributed by atoms with Gasteiger partial charge >= 0.3 is 0 Å². The van der Waals surface area contributed by atoms with Crippen LogP contribution in [0.3, 0.4) is 0 Å². The maximum Gasteiger partial charge on any atom is 0.282 e. The first kappa shape index (κ1) is 13.7. The zero-order valence-electron chi connectivity index (χ0n) is 10.7. The predicted molar refractivity (Wildman–Crippen MR) is 72.9 cm³/mol. The second-order valence-electron chi connectivity index (χ2n) is 4.21. The summed E-state index contributed by atoms with van der Waals surface area (Å²) in [7, 11) is 0. The summed E-state index contributed by atoms with van der Waals surface area (Å²) in [4.78, 5) is 22.2. The zero-order chi connectivity index (χ0) is 14.7. The Hall–Kier alpha value is -2.73. The van der Waals surface area contributed by atoms with E-state index in [1.54, 1.807) is 31.2 Å². The Bertz CT molecular complexity index is 670. The lowest BCUT2D eigenvalue weighted by Crippen LogP contribution is -2.27. The van der Waals surface area contributed by atoms with Crippen molar-refractivity contribution in [3.05, 3.63) is 69.8 Å². The summed E-state index contributed by atoms with van der Waals surface area (Å²) in [6, 6.07) is 12.0. The Morgan fingerprint density at radius 2 is 1.90 bits per heavy atom. The number of rotatable bonds is 3. The van der Waals surface area contributed by atoms with E-state index in [0.717, 1.165) is 6.07 Å². The van der Waals surface area contributed by atoms with Gasteiger partial charge in [0.2, 0.25) is 0 Å². The van der Waals surface area contributed by atoms with E-state index < -0.39 is 10.8 Å². The van der Waals surface area contributed by atoms with Gasteiger partial charge in [-0.3, -0.25) is 20.1 Å². The van der Waals surface area contributed by atoms with Crippen LogP contribution in [0.4, 0.5) is 11.4 Å². The number of aryl methyl sites for hydroxylation is 1. The van der Waals surface area contributed by atoms with E-state index in [4.69, 9.17) is 0 Å². The molecule has 0 aliphatic rings. The molecular formula is C14H12N2O4. The molecule has 0 radical (unpaired) electrons. The zero-order valence-corrected chi connectivity index (χ0v) is 10.7. The van der Waals surface area contributed by atoms with E-state index in [-0.39, 0.29) is 11.3 Å². The van der Waals surface area contributed by atoms with Crippen LogP contribution in [0.5, 0.6) is 0 Å². The molecule has 0 fully saturated rings. The molecular weight excluding hydrogens is 260 g/mol. The van der Waals surface area contributed by atoms with E-state index in [2.05, 4.69) is 0 Å². The smallest absolute Gasteiger partial charge is 0.281 e. The van der Waals surface area contributed by atoms with Crippen LogP contribution < -0.4 is 5.06 Å². The summed E-state index contributed by atoms with van der Waals surface area (Å²) in [6.45, 7) is 1.75. The molecule has 0 aliphatic heterocycles. The van der Waals surface area contributed by atoms with Gasteiger partial charge in [-0.1, -0.05) is 24.3 Å². The summed E-state index contributed by atoms with van der Waals surface area (Å²) in [6.07, 6.45) is 0. The highest BCUT2D eigenvalue weighted by atomic mass is 16.6. The van der Waals surface area contributed by atoms with Crippen molar-refractivity contribution in [2.75, 3.05) is 5.06 Å². The van der Waals surface area contributed by atoms with Gasteiger partial charge in [-0.2, -0.15) is 5.06 Å². The second kappa shape index (κ2) is 5.50. The molecule has 6 nitrogen and oxygen atoms in total. The molecule has 102 valence electrons. The van der Waals surface area contributed by atoms with Crippen LogP contribution in [-0.2, 0) is 0 Å². The summed E-state index contributed by atoms with van der Waals surface area (Å²) in [5, 5.41) is 21.1. The number of non-ortho nitro benzene ring substituents is 1. The Morgan fingerprint density at radius 1 is 1.20 bits per heavy atom. The number of hydrogen-bond donors (Lipinski definition) is 1. The molecule has 2 rings (SSSR count). The molecule has 0 heterocycles. The van der Waals surface area contributed by atoms with Crippen LogP contribution in [-0.4, -0.2) is 16.0 Å². The number of carbonyl (C=O) groups is 1. The van der Waals surface area contributed by atoms with E-state index in [0.29, 0.717) is 16.3 Å². The third-order valence-corrected chi connectivity index (χ3v) is 2.84. The van der Waals surface area contributed by atoms with Crippen LogP contribution in [0.1, 0.15) is 15.9 Å². The fourth-order valence-electron chi connectivity index (χ4n) is 1.79. The highest BCUT2D eigenvalue weighted by molar-refractivity contribution is 6.05. The summed E-state index contributed by atoms with van der Waals surface area (Å²) in [5.41, 5.74) is 0.900. The molecule has 0 spiro atoms. The van der Waals surface area contributed by atoms with Crippen LogP contribution in [0.2, 0.25) is 0 Å². The molecule has 1 amide bonds. The lowest BCUT2D eigenvalue weighted by atomic mass is 10.1. The minimum absolute atomic E-state index is 0.0463. The number of amides is 1. The van der Waals surface area contributed by atoms with Crippen molar-refractivity contribution in [2.24, 2.45) is 0 Å². The van der Waals surface area contributed by atoms with Gasteiger partial charge in [-0.15, -0.1) is 0 Å². The summed E-state index contributed by atoms with van der Waals surface area (Å²) < 4.78 is 0. The van der Waals surface area contributed by atoms with Crippen molar-refractivity contribution in [3.63, 3.8) is 0 Å². The molecule has 2 aromatic carbocycles. The number of nitro benzene ring substituents is 1. The number of hydrogen-bond acceptors (Lipinski definition) is 4. The van der Waals surface area contributed by atoms with E-state index in [9.17, 15) is 20.1 Å². The Balaban J connectivity index is 2.34. The van der Waals surface area contributed by atoms with Crippen LogP contribution in [0.15, 0.2) is 48.5 Å². The fraction of sp³-hybridized carbons (Fsp3) is 0.0714. The Kier molecular flexibility index (Phi) is 3.76. The maximum atomic E-state index is 12.1. The second-order valence-corrected chi connectivity index (χ2v) is 4.21. The molecule has 20 heavy (non-hydrogen) atoms. The molecule has 2 aromatic rings. The number of carbonyl (C=O) groups excluding carboxylic acids is 1. The largest absolute Gasteiger partial charge is 0.282 e. The fourth-order valence-corrected chi connectivity index (χ4v) is 1.79. The molecule has 0 saturated heterocycles. The van der Waals surface area contributed by atoms with Crippen LogP contribution in [0.25, 0.3) is 0 Å². The highest BCUT2D eigenvalue weighted by Gasteiger charge is 2.19. The van der Waals surface area contributed by atoms with E-state index in [1.165, 1.54) is 18.2 Å². The first-order chi connectivity index (χ1) is 9.50. The third-order valence-electron chi connectivity index (χ3n) is 2.84. The van der Waals surface area contributed by atoms with Gasteiger partial charge in [-0.05, 0) is 24.6 Å². The predicted octanol–water partition coefficient (Wildman–Crippen LogP) is 2.94. The quantitative estimate of drug-likeness (QED) is 0.529. The maximum absolute atomic E-state index is 12.1. The van der Waals surface area contributed by atoms with Crippen LogP contribution in [0, 0.1) is 17.0 Å². The number of anilines is 1. The van der Waals surface area contributed by atoms with Gasteiger partial charge in [0.05, 0.1) is 10.6 Å². The molecule has 0 aromatic heterocycles. The van der Waals surface area contributed by atoms with Crippen LogP contribution >= 0.6 is 0 Å². The lowest BCUT2D eigenvalue weighted by Gasteiger charge is -2.16. The lowest BCUT2D eigenvalue weighted by molar-refractivity contribution is -0.384. The van der Waals surface area contributed by atoms with Gasteiger partial charge in [0, 0.05) is 17.7 Å². The Labute approximate surface area is 115 Å². The van der Waals surface area contributed by atoms with E-state index in [1.807, 2.05) is 0 Å². The number of para-hydroxylation sites is 1. The minimum atomic E-state index is -0.719. The van der Waals surface area contributed by atoms with Gasteiger partial charge in [0.25, 0.3) is 11.6 Å². The molecule has 0 atom stereocenters. The summed E-state index contributed by atoms with van der Waals surface area (Å²) >= 11 is 0. The standard InChI is InChI=1S/C14H12N2O4/c1-10-5-2-3-8-13(10)15(18)14(17)11-6-4-7-12(9-11)16(19)20/h2-9,18H,1H3. The van der Waals surface area contributed by atoms with E-state index >= 15 is 0 Å². The topological polar surface area (TPSA) is 83.7 Å². The highest BCUT2D eigenvalue weighted by Crippen LogP contribution is 2.21. The number of nitrogens with zero attached hydrogens (tertiary/aromatic N) is 2. The summed E-state index contributed by atoms with van der Waals surface area (Å²) in [5.74, 6) is -0.719. The van der Waals surface area contributed by atoms with Crippen molar-refractivity contribution in [3.8, 4) is 0 Å². The van der Waals surface area contributed by atoms with Crippen molar-refractivity contribution >= 4 is 17.3 Å². The number of nitro groups is 1. The monoisotopic (exact) mass is 272 g/mol. The molecule has 6 heteroatoms. The number of hydroxylamine groups is 1. The molecule has 0 saturated carbocycles. The van der Waals surface area contributed by atoms with Crippen molar-refractivity contribution in [1.29, 1.82) is 0 Å². The van der Waals surface area contributed by atoms with Crippen molar-refractivity contribution in [1.82, 2.24) is 0 Å². The first-order valence-corrected chi connectivity index (χ1v) is 5.84. The van der Waals surface area contributed by atoms with Crippen molar-refractivity contribution < 1.29 is 14.9 Å². The average molecular weight is 272 g/mol. The Morgan fingerprint density at radius 3 is 2.55 bits per heavy atom. The van der Waals surface area contributed by atoms with Gasteiger partial charge < -0.3 is 0 Å². The van der Waals surface area contributed by atoms with Gasteiger partial charge in [0.1, 0.15) is 0 Å². The molecule has 0 aliphatic carbocycles. The molecule has 0 unspecified atom stereocenters. The first-order valence-electron chi connectivity index (χ1n) is 5.84. The molecule has 0 bridgehead atoms. The van der Waals surface area contributed by atoms with Gasteiger partial charge in [0.15, 0.2) is 0 Å². The average Bonchev–Trinajstić information content (AvgIpc) is 2.46.